The van der Waals surface area contributed by atoms with Crippen molar-refractivity contribution >= 4 is 41.3 Å². The van der Waals surface area contributed by atoms with Crippen molar-refractivity contribution in [3.8, 4) is 0 Å². The number of guanidine groups is 1. The summed E-state index contributed by atoms with van der Waals surface area (Å²) in [4.78, 5) is 7.56. The lowest BCUT2D eigenvalue weighted by Gasteiger charge is -2.13. The third kappa shape index (κ3) is 6.73. The molecule has 0 atom stereocenters. The van der Waals surface area contributed by atoms with Crippen LogP contribution in [0.2, 0.25) is 0 Å². The van der Waals surface area contributed by atoms with Gasteiger partial charge in [-0.05, 0) is 13.8 Å². The summed E-state index contributed by atoms with van der Waals surface area (Å²) in [6.45, 7) is 4.43. The lowest BCUT2D eigenvalue weighted by Crippen LogP contribution is -2.41. The topological polar surface area (TPSA) is 49.3 Å². The minimum atomic E-state index is -4.36. The summed E-state index contributed by atoms with van der Waals surface area (Å²) in [6.07, 6.45) is -3.93. The van der Waals surface area contributed by atoms with Gasteiger partial charge in [0.05, 0.1) is 5.01 Å². The Morgan fingerprint density at radius 3 is 2.55 bits per heavy atom. The normalized spacial score (nSPS) is 12.2. The third-order valence-electron chi connectivity index (χ3n) is 2.12. The van der Waals surface area contributed by atoms with Gasteiger partial charge in [0, 0.05) is 31.4 Å². The van der Waals surface area contributed by atoms with Crippen molar-refractivity contribution in [1.82, 2.24) is 15.6 Å². The Bertz CT molecular complexity index is 432. The summed E-state index contributed by atoms with van der Waals surface area (Å²) in [5.74, 6) is 0.627. The van der Waals surface area contributed by atoms with Crippen LogP contribution in [0.5, 0.6) is 0 Å². The van der Waals surface area contributed by atoms with Crippen LogP contribution in [-0.4, -0.2) is 30.6 Å². The standard InChI is InChI=1S/C11H17F3N4S.HI/c1-7(2)17-10(15-3)16-5-4-9-18-8(6-19-9)11(12,13)14;/h6-7H,4-5H2,1-3H3,(H2,15,16,17);1H. The zero-order chi connectivity index (χ0) is 14.5. The molecule has 0 aromatic carbocycles. The monoisotopic (exact) mass is 422 g/mol. The highest BCUT2D eigenvalue weighted by Crippen LogP contribution is 2.29. The van der Waals surface area contributed by atoms with Gasteiger partial charge >= 0.3 is 6.18 Å². The van der Waals surface area contributed by atoms with E-state index in [0.29, 0.717) is 23.9 Å². The van der Waals surface area contributed by atoms with Crippen LogP contribution < -0.4 is 10.6 Å². The van der Waals surface area contributed by atoms with Gasteiger partial charge in [0.2, 0.25) is 0 Å². The molecule has 0 aliphatic rings. The molecular weight excluding hydrogens is 404 g/mol. The maximum Gasteiger partial charge on any atom is 0.434 e. The van der Waals surface area contributed by atoms with Crippen LogP contribution in [0, 0.1) is 0 Å². The van der Waals surface area contributed by atoms with Gasteiger partial charge in [0.1, 0.15) is 0 Å². The van der Waals surface area contributed by atoms with Crippen LogP contribution in [0.15, 0.2) is 10.4 Å². The Morgan fingerprint density at radius 2 is 2.10 bits per heavy atom. The van der Waals surface area contributed by atoms with Crippen LogP contribution in [0.1, 0.15) is 24.5 Å². The van der Waals surface area contributed by atoms with Crippen molar-refractivity contribution in [2.75, 3.05) is 13.6 Å². The second-order valence-corrected chi connectivity index (χ2v) is 5.11. The molecule has 1 aromatic rings. The number of hydrogen-bond acceptors (Lipinski definition) is 3. The Hall–Kier alpha value is -0.580. The highest BCUT2D eigenvalue weighted by molar-refractivity contribution is 14.0. The number of nitrogens with one attached hydrogen (secondary N) is 2. The first kappa shape index (κ1) is 19.4. The summed E-state index contributed by atoms with van der Waals surface area (Å²) in [5.41, 5.74) is -0.822. The molecule has 0 unspecified atom stereocenters. The molecule has 0 saturated carbocycles. The van der Waals surface area contributed by atoms with Crippen LogP contribution in [0.3, 0.4) is 0 Å². The quantitative estimate of drug-likeness (QED) is 0.446. The van der Waals surface area contributed by atoms with Gasteiger partial charge in [-0.3, -0.25) is 4.99 Å². The molecule has 20 heavy (non-hydrogen) atoms. The van der Waals surface area contributed by atoms with E-state index in [0.717, 1.165) is 16.7 Å². The van der Waals surface area contributed by atoms with E-state index >= 15 is 0 Å². The van der Waals surface area contributed by atoms with E-state index in [-0.39, 0.29) is 30.0 Å². The largest absolute Gasteiger partial charge is 0.434 e. The maximum absolute atomic E-state index is 12.3. The second kappa shape index (κ2) is 8.65. The maximum atomic E-state index is 12.3. The molecule has 1 rings (SSSR count). The van der Waals surface area contributed by atoms with E-state index in [1.165, 1.54) is 0 Å². The molecular formula is C11H18F3IN4S. The summed E-state index contributed by atoms with van der Waals surface area (Å²) in [6, 6.07) is 0.239. The Labute approximate surface area is 137 Å². The van der Waals surface area contributed by atoms with Gasteiger partial charge in [-0.15, -0.1) is 35.3 Å². The number of aliphatic imine (C=N–C) groups is 1. The number of halogens is 4. The van der Waals surface area contributed by atoms with Crippen molar-refractivity contribution in [1.29, 1.82) is 0 Å². The van der Waals surface area contributed by atoms with E-state index in [4.69, 9.17) is 0 Å². The molecule has 0 amide bonds. The highest BCUT2D eigenvalue weighted by Gasteiger charge is 2.33. The van der Waals surface area contributed by atoms with Crippen molar-refractivity contribution < 1.29 is 13.2 Å². The first-order chi connectivity index (χ1) is 8.82. The first-order valence-electron chi connectivity index (χ1n) is 5.81. The minimum absolute atomic E-state index is 0. The molecule has 0 aliphatic carbocycles. The number of rotatable bonds is 4. The molecule has 0 spiro atoms. The summed E-state index contributed by atoms with van der Waals surface area (Å²) < 4.78 is 37.0. The average Bonchev–Trinajstić information content (AvgIpc) is 2.75. The number of aromatic nitrogens is 1. The van der Waals surface area contributed by atoms with Gasteiger partial charge in [-0.1, -0.05) is 0 Å². The zero-order valence-electron chi connectivity index (χ0n) is 11.4. The molecule has 9 heteroatoms. The number of thiazole rings is 1. The van der Waals surface area contributed by atoms with E-state index in [2.05, 4.69) is 20.6 Å². The molecule has 0 fully saturated rings. The Kier molecular flexibility index (Phi) is 8.40. The third-order valence-corrected chi connectivity index (χ3v) is 3.03. The molecule has 0 bridgehead atoms. The van der Waals surface area contributed by atoms with E-state index < -0.39 is 11.9 Å². The summed E-state index contributed by atoms with van der Waals surface area (Å²) >= 11 is 1.02. The number of nitrogens with zero attached hydrogens (tertiary/aromatic N) is 2. The molecule has 2 N–H and O–H groups in total. The van der Waals surface area contributed by atoms with E-state index in [1.807, 2.05) is 13.8 Å². The molecule has 0 saturated heterocycles. The molecule has 0 radical (unpaired) electrons. The van der Waals surface area contributed by atoms with Crippen LogP contribution in [-0.2, 0) is 12.6 Å². The van der Waals surface area contributed by atoms with Gasteiger partial charge < -0.3 is 10.6 Å². The highest BCUT2D eigenvalue weighted by atomic mass is 127. The lowest BCUT2D eigenvalue weighted by molar-refractivity contribution is -0.140. The van der Waals surface area contributed by atoms with Gasteiger partial charge in [-0.2, -0.15) is 13.2 Å². The van der Waals surface area contributed by atoms with Crippen LogP contribution >= 0.6 is 35.3 Å². The second-order valence-electron chi connectivity index (χ2n) is 4.17. The van der Waals surface area contributed by atoms with Crippen molar-refractivity contribution in [2.45, 2.75) is 32.5 Å². The number of hydrogen-bond donors (Lipinski definition) is 2. The molecule has 1 aromatic heterocycles. The van der Waals surface area contributed by atoms with E-state index in [1.54, 1.807) is 7.05 Å². The Balaban J connectivity index is 0.00000361. The van der Waals surface area contributed by atoms with Crippen molar-refractivity contribution in [2.24, 2.45) is 4.99 Å². The zero-order valence-corrected chi connectivity index (χ0v) is 14.6. The van der Waals surface area contributed by atoms with Gasteiger partial charge in [0.15, 0.2) is 11.7 Å². The summed E-state index contributed by atoms with van der Waals surface area (Å²) in [5, 5.41) is 7.61. The van der Waals surface area contributed by atoms with Crippen molar-refractivity contribution in [3.63, 3.8) is 0 Å². The van der Waals surface area contributed by atoms with Crippen LogP contribution in [0.4, 0.5) is 13.2 Å². The number of alkyl halides is 3. The predicted molar refractivity (Wildman–Crippen MR) is 85.9 cm³/mol. The van der Waals surface area contributed by atoms with Crippen LogP contribution in [0.25, 0.3) is 0 Å². The lowest BCUT2D eigenvalue weighted by atomic mass is 10.4. The van der Waals surface area contributed by atoms with Gasteiger partial charge in [0.25, 0.3) is 0 Å². The fraction of sp³-hybridized carbons (Fsp3) is 0.636. The minimum Gasteiger partial charge on any atom is -0.356 e. The molecule has 116 valence electrons. The van der Waals surface area contributed by atoms with Gasteiger partial charge in [-0.25, -0.2) is 4.98 Å². The summed E-state index contributed by atoms with van der Waals surface area (Å²) in [7, 11) is 1.64. The first-order valence-corrected chi connectivity index (χ1v) is 6.69. The fourth-order valence-corrected chi connectivity index (χ4v) is 2.12. The molecule has 1 heterocycles. The average molecular weight is 422 g/mol. The van der Waals surface area contributed by atoms with E-state index in [9.17, 15) is 13.2 Å². The smallest absolute Gasteiger partial charge is 0.356 e. The SMILES string of the molecule is CN=C(NCCc1nc(C(F)(F)F)cs1)NC(C)C.I. The molecule has 4 nitrogen and oxygen atoms in total. The predicted octanol–water partition coefficient (Wildman–Crippen LogP) is 2.90. The van der Waals surface area contributed by atoms with Crippen molar-refractivity contribution in [3.05, 3.63) is 16.1 Å². The molecule has 0 aliphatic heterocycles. The Morgan fingerprint density at radius 1 is 1.45 bits per heavy atom. The fourth-order valence-electron chi connectivity index (χ4n) is 1.31.